The van der Waals surface area contributed by atoms with E-state index < -0.39 is 11.9 Å². The Morgan fingerprint density at radius 3 is 2.81 bits per heavy atom. The second-order valence-electron chi connectivity index (χ2n) is 5.33. The average Bonchev–Trinajstić information content (AvgIpc) is 2.84. The molecule has 21 heavy (non-hydrogen) atoms. The van der Waals surface area contributed by atoms with E-state index in [-0.39, 0.29) is 12.0 Å². The number of ether oxygens (including phenoxy) is 1. The standard InChI is InChI=1S/C15H20FN3O2/c1-10(2)8-19-14(17-9-18-19)7-12(20)15-11(16)5-4-6-13(15)21-3/h4-6,9-10,12,20H,7-8H2,1-3H3. The van der Waals surface area contributed by atoms with Crippen molar-refractivity contribution in [3.05, 3.63) is 41.7 Å². The quantitative estimate of drug-likeness (QED) is 0.888. The molecule has 0 fully saturated rings. The number of hydrogen-bond acceptors (Lipinski definition) is 4. The Morgan fingerprint density at radius 1 is 1.38 bits per heavy atom. The van der Waals surface area contributed by atoms with Crippen LogP contribution in [-0.4, -0.2) is 27.0 Å². The summed E-state index contributed by atoms with van der Waals surface area (Å²) in [6.45, 7) is 4.85. The first kappa shape index (κ1) is 15.4. The summed E-state index contributed by atoms with van der Waals surface area (Å²) in [5.41, 5.74) is 0.152. The molecule has 0 spiro atoms. The van der Waals surface area contributed by atoms with E-state index in [0.717, 1.165) is 0 Å². The number of nitrogens with zero attached hydrogens (tertiary/aromatic N) is 3. The Morgan fingerprint density at radius 2 is 2.14 bits per heavy atom. The van der Waals surface area contributed by atoms with Crippen LogP contribution in [0.15, 0.2) is 24.5 Å². The van der Waals surface area contributed by atoms with Gasteiger partial charge in [-0.15, -0.1) is 0 Å². The minimum atomic E-state index is -1.03. The second kappa shape index (κ2) is 6.67. The van der Waals surface area contributed by atoms with Crippen LogP contribution in [0.25, 0.3) is 0 Å². The van der Waals surface area contributed by atoms with E-state index in [1.54, 1.807) is 16.8 Å². The molecule has 1 atom stereocenters. The first-order chi connectivity index (χ1) is 10.0. The van der Waals surface area contributed by atoms with Crippen molar-refractivity contribution in [1.29, 1.82) is 0 Å². The van der Waals surface area contributed by atoms with Gasteiger partial charge in [0.15, 0.2) is 0 Å². The molecule has 0 aliphatic heterocycles. The molecule has 0 aliphatic rings. The molecule has 5 nitrogen and oxygen atoms in total. The summed E-state index contributed by atoms with van der Waals surface area (Å²) in [6, 6.07) is 4.48. The van der Waals surface area contributed by atoms with Crippen LogP contribution in [0.2, 0.25) is 0 Å². The van der Waals surface area contributed by atoms with Crippen molar-refractivity contribution in [3.63, 3.8) is 0 Å². The van der Waals surface area contributed by atoms with E-state index in [1.807, 2.05) is 0 Å². The van der Waals surface area contributed by atoms with Crippen LogP contribution >= 0.6 is 0 Å². The fourth-order valence-electron chi connectivity index (χ4n) is 2.24. The molecule has 1 aromatic carbocycles. The number of methoxy groups -OCH3 is 1. The number of aliphatic hydroxyl groups excluding tert-OH is 1. The molecule has 0 bridgehead atoms. The highest BCUT2D eigenvalue weighted by Crippen LogP contribution is 2.29. The van der Waals surface area contributed by atoms with Crippen molar-refractivity contribution in [2.24, 2.45) is 5.92 Å². The molecular formula is C15H20FN3O2. The van der Waals surface area contributed by atoms with E-state index in [4.69, 9.17) is 4.74 Å². The predicted molar refractivity (Wildman–Crippen MR) is 76.5 cm³/mol. The monoisotopic (exact) mass is 293 g/mol. The maximum atomic E-state index is 13.9. The van der Waals surface area contributed by atoms with E-state index >= 15 is 0 Å². The maximum Gasteiger partial charge on any atom is 0.138 e. The van der Waals surface area contributed by atoms with E-state index in [1.165, 1.54) is 19.5 Å². The first-order valence-corrected chi connectivity index (χ1v) is 6.90. The molecule has 0 aliphatic carbocycles. The summed E-state index contributed by atoms with van der Waals surface area (Å²) < 4.78 is 20.8. The highest BCUT2D eigenvalue weighted by atomic mass is 19.1. The van der Waals surface area contributed by atoms with Crippen molar-refractivity contribution in [3.8, 4) is 5.75 Å². The Balaban J connectivity index is 2.23. The Hall–Kier alpha value is -1.95. The highest BCUT2D eigenvalue weighted by Gasteiger charge is 2.21. The van der Waals surface area contributed by atoms with Crippen LogP contribution in [0.3, 0.4) is 0 Å². The van der Waals surface area contributed by atoms with E-state index in [0.29, 0.717) is 24.0 Å². The third-order valence-electron chi connectivity index (χ3n) is 3.18. The lowest BCUT2D eigenvalue weighted by Crippen LogP contribution is -2.14. The zero-order chi connectivity index (χ0) is 15.4. The minimum absolute atomic E-state index is 0.152. The van der Waals surface area contributed by atoms with Crippen molar-refractivity contribution in [1.82, 2.24) is 14.8 Å². The summed E-state index contributed by atoms with van der Waals surface area (Å²) in [4.78, 5) is 4.15. The molecule has 114 valence electrons. The Labute approximate surface area is 123 Å². The van der Waals surface area contributed by atoms with Crippen LogP contribution in [0, 0.1) is 11.7 Å². The highest BCUT2D eigenvalue weighted by molar-refractivity contribution is 5.36. The molecule has 0 radical (unpaired) electrons. The van der Waals surface area contributed by atoms with Gasteiger partial charge in [0.2, 0.25) is 0 Å². The fraction of sp³-hybridized carbons (Fsp3) is 0.467. The SMILES string of the molecule is COc1cccc(F)c1C(O)Cc1ncnn1CC(C)C. The fourth-order valence-corrected chi connectivity index (χ4v) is 2.24. The van der Waals surface area contributed by atoms with Gasteiger partial charge in [-0.1, -0.05) is 19.9 Å². The van der Waals surface area contributed by atoms with Gasteiger partial charge in [-0.2, -0.15) is 5.10 Å². The van der Waals surface area contributed by atoms with Crippen LogP contribution in [0.5, 0.6) is 5.75 Å². The van der Waals surface area contributed by atoms with Crippen molar-refractivity contribution in [2.75, 3.05) is 7.11 Å². The Bertz CT molecular complexity index is 598. The maximum absolute atomic E-state index is 13.9. The van der Waals surface area contributed by atoms with Crippen molar-refractivity contribution in [2.45, 2.75) is 32.9 Å². The molecular weight excluding hydrogens is 273 g/mol. The van der Waals surface area contributed by atoms with Gasteiger partial charge >= 0.3 is 0 Å². The van der Waals surface area contributed by atoms with Gasteiger partial charge < -0.3 is 9.84 Å². The molecule has 1 unspecified atom stereocenters. The lowest BCUT2D eigenvalue weighted by molar-refractivity contribution is 0.164. The number of aromatic nitrogens is 3. The summed E-state index contributed by atoms with van der Waals surface area (Å²) in [5, 5.41) is 14.5. The van der Waals surface area contributed by atoms with Crippen LogP contribution in [-0.2, 0) is 13.0 Å². The predicted octanol–water partition coefficient (Wildman–Crippen LogP) is 2.36. The topological polar surface area (TPSA) is 60.2 Å². The number of hydrogen-bond donors (Lipinski definition) is 1. The van der Waals surface area contributed by atoms with Gasteiger partial charge in [-0.3, -0.25) is 0 Å². The molecule has 0 amide bonds. The van der Waals surface area contributed by atoms with E-state index in [2.05, 4.69) is 23.9 Å². The summed E-state index contributed by atoms with van der Waals surface area (Å²) in [7, 11) is 1.45. The van der Waals surface area contributed by atoms with Gasteiger partial charge in [0, 0.05) is 13.0 Å². The van der Waals surface area contributed by atoms with Gasteiger partial charge in [-0.25, -0.2) is 14.1 Å². The molecule has 1 N–H and O–H groups in total. The second-order valence-corrected chi connectivity index (χ2v) is 5.33. The van der Waals surface area contributed by atoms with Gasteiger partial charge in [-0.05, 0) is 18.1 Å². The van der Waals surface area contributed by atoms with Crippen LogP contribution in [0.1, 0.15) is 31.3 Å². The largest absolute Gasteiger partial charge is 0.496 e. The third kappa shape index (κ3) is 3.58. The zero-order valence-electron chi connectivity index (χ0n) is 12.5. The normalized spacial score (nSPS) is 12.7. The van der Waals surface area contributed by atoms with E-state index in [9.17, 15) is 9.50 Å². The zero-order valence-corrected chi connectivity index (χ0v) is 12.5. The van der Waals surface area contributed by atoms with Crippen molar-refractivity contribution < 1.29 is 14.2 Å². The Kier molecular flexibility index (Phi) is 4.90. The third-order valence-corrected chi connectivity index (χ3v) is 3.18. The molecule has 1 aromatic heterocycles. The lowest BCUT2D eigenvalue weighted by Gasteiger charge is -2.16. The molecule has 0 saturated carbocycles. The summed E-state index contributed by atoms with van der Waals surface area (Å²) >= 11 is 0. The number of aliphatic hydroxyl groups is 1. The lowest BCUT2D eigenvalue weighted by atomic mass is 10.0. The molecule has 6 heteroatoms. The van der Waals surface area contributed by atoms with Crippen molar-refractivity contribution >= 4 is 0 Å². The molecule has 2 rings (SSSR count). The number of rotatable bonds is 6. The summed E-state index contributed by atoms with van der Waals surface area (Å²) in [6.07, 6.45) is 0.601. The van der Waals surface area contributed by atoms with Gasteiger partial charge in [0.25, 0.3) is 0 Å². The molecule has 0 saturated heterocycles. The summed E-state index contributed by atoms with van der Waals surface area (Å²) in [5.74, 6) is 0.876. The minimum Gasteiger partial charge on any atom is -0.496 e. The van der Waals surface area contributed by atoms with Crippen LogP contribution < -0.4 is 4.74 Å². The number of halogens is 1. The molecule has 1 heterocycles. The average molecular weight is 293 g/mol. The van der Waals surface area contributed by atoms with Gasteiger partial charge in [0.05, 0.1) is 18.8 Å². The van der Waals surface area contributed by atoms with Gasteiger partial charge in [0.1, 0.15) is 23.7 Å². The molecule has 2 aromatic rings. The van der Waals surface area contributed by atoms with Crippen LogP contribution in [0.4, 0.5) is 4.39 Å². The first-order valence-electron chi connectivity index (χ1n) is 6.90. The number of benzene rings is 1. The smallest absolute Gasteiger partial charge is 0.138 e.